The van der Waals surface area contributed by atoms with Crippen molar-refractivity contribution in [2.45, 2.75) is 29.2 Å². The van der Waals surface area contributed by atoms with Gasteiger partial charge in [0.1, 0.15) is 6.07 Å². The molecule has 0 N–H and O–H groups in total. The van der Waals surface area contributed by atoms with E-state index in [4.69, 9.17) is 4.74 Å². The van der Waals surface area contributed by atoms with Crippen LogP contribution in [0.15, 0.2) is 58.3 Å². The van der Waals surface area contributed by atoms with Gasteiger partial charge in [-0.1, -0.05) is 36.0 Å². The molecule has 0 unspecified atom stereocenters. The third-order valence-corrected chi connectivity index (χ3v) is 7.87. The van der Waals surface area contributed by atoms with E-state index in [1.54, 1.807) is 49.4 Å². The van der Waals surface area contributed by atoms with E-state index in [2.05, 4.69) is 6.07 Å². The fourth-order valence-corrected chi connectivity index (χ4v) is 6.18. The van der Waals surface area contributed by atoms with Gasteiger partial charge in [0, 0.05) is 22.4 Å². The summed E-state index contributed by atoms with van der Waals surface area (Å²) < 4.78 is 28.7. The van der Waals surface area contributed by atoms with Crippen LogP contribution in [-0.2, 0) is 19.4 Å². The molecule has 31 heavy (non-hydrogen) atoms. The van der Waals surface area contributed by atoms with Crippen molar-refractivity contribution in [2.24, 2.45) is 0 Å². The number of sulfone groups is 1. The van der Waals surface area contributed by atoms with Crippen LogP contribution in [0, 0.1) is 11.3 Å². The molecule has 1 aliphatic heterocycles. The zero-order chi connectivity index (χ0) is 22.4. The van der Waals surface area contributed by atoms with E-state index < -0.39 is 28.3 Å². The summed E-state index contributed by atoms with van der Waals surface area (Å²) in [5.41, 5.74) is 0.787. The topological polar surface area (TPSA) is 105 Å². The van der Waals surface area contributed by atoms with Crippen molar-refractivity contribution in [2.75, 3.05) is 24.7 Å². The van der Waals surface area contributed by atoms with Crippen molar-refractivity contribution in [3.63, 3.8) is 0 Å². The summed E-state index contributed by atoms with van der Waals surface area (Å²) in [6.07, 6.45) is 0.396. The van der Waals surface area contributed by atoms with Gasteiger partial charge in [-0.2, -0.15) is 5.26 Å². The molecular weight excluding hydrogens is 436 g/mol. The van der Waals surface area contributed by atoms with Crippen molar-refractivity contribution < 1.29 is 22.7 Å². The molecule has 2 aromatic carbocycles. The second kappa shape index (κ2) is 9.98. The van der Waals surface area contributed by atoms with E-state index in [1.807, 2.05) is 6.07 Å². The molecule has 0 saturated carbocycles. The Morgan fingerprint density at radius 3 is 2.48 bits per heavy atom. The van der Waals surface area contributed by atoms with Gasteiger partial charge in [-0.25, -0.2) is 13.2 Å². The first-order valence-corrected chi connectivity index (χ1v) is 12.4. The second-order valence-electron chi connectivity index (χ2n) is 7.02. The molecule has 0 aromatic heterocycles. The molecule has 2 aromatic rings. The van der Waals surface area contributed by atoms with Gasteiger partial charge in [0.05, 0.1) is 22.6 Å². The number of ether oxygens (including phenoxy) is 1. The van der Waals surface area contributed by atoms with Crippen LogP contribution in [0.3, 0.4) is 0 Å². The molecule has 162 valence electrons. The summed E-state index contributed by atoms with van der Waals surface area (Å²) in [6, 6.07) is 15.6. The number of hydrogen-bond donors (Lipinski definition) is 0. The van der Waals surface area contributed by atoms with Crippen molar-refractivity contribution in [1.29, 1.82) is 5.26 Å². The number of esters is 1. The molecule has 1 fully saturated rings. The molecule has 1 amide bonds. The maximum absolute atomic E-state index is 12.7. The third-order valence-electron chi connectivity index (χ3n) is 4.97. The summed E-state index contributed by atoms with van der Waals surface area (Å²) in [5.74, 6) is -1.06. The molecule has 9 heteroatoms. The molecule has 1 heterocycles. The van der Waals surface area contributed by atoms with Gasteiger partial charge in [0.25, 0.3) is 5.91 Å². The van der Waals surface area contributed by atoms with Crippen molar-refractivity contribution >= 4 is 33.5 Å². The average molecular weight is 459 g/mol. The summed E-state index contributed by atoms with van der Waals surface area (Å²) in [6.45, 7) is 1.65. The van der Waals surface area contributed by atoms with E-state index in [9.17, 15) is 23.3 Å². The Labute approximate surface area is 185 Å². The number of nitrogens with zero attached hydrogens (tertiary/aromatic N) is 2. The maximum atomic E-state index is 12.7. The van der Waals surface area contributed by atoms with Crippen LogP contribution in [0.5, 0.6) is 0 Å². The first-order valence-electron chi connectivity index (χ1n) is 9.77. The lowest BCUT2D eigenvalue weighted by molar-refractivity contribution is -0.136. The normalized spacial score (nSPS) is 17.0. The standard InChI is InChI=1S/C22H22N2O5S2/c1-2-24(17-11-12-31(27,28)15-17)21(25)14-29-22(26)18-8-4-6-10-20(18)30-19-9-5-3-7-16(19)13-23/h3-10,17H,2,11-12,14-15H2,1H3/t17-/m0/s1. The smallest absolute Gasteiger partial charge is 0.339 e. The average Bonchev–Trinajstić information content (AvgIpc) is 3.12. The highest BCUT2D eigenvalue weighted by Crippen LogP contribution is 2.32. The highest BCUT2D eigenvalue weighted by molar-refractivity contribution is 7.99. The number of nitriles is 1. The summed E-state index contributed by atoms with van der Waals surface area (Å²) in [4.78, 5) is 28.0. The van der Waals surface area contributed by atoms with Crippen LogP contribution in [-0.4, -0.2) is 55.9 Å². The minimum atomic E-state index is -3.13. The van der Waals surface area contributed by atoms with Crippen LogP contribution >= 0.6 is 11.8 Å². The largest absolute Gasteiger partial charge is 0.452 e. The number of carbonyl (C=O) groups is 2. The van der Waals surface area contributed by atoms with Crippen molar-refractivity contribution in [3.8, 4) is 6.07 Å². The zero-order valence-electron chi connectivity index (χ0n) is 17.0. The van der Waals surface area contributed by atoms with Gasteiger partial charge in [-0.05, 0) is 37.6 Å². The highest BCUT2D eigenvalue weighted by Gasteiger charge is 2.34. The lowest BCUT2D eigenvalue weighted by atomic mass is 10.2. The van der Waals surface area contributed by atoms with Gasteiger partial charge >= 0.3 is 5.97 Å². The van der Waals surface area contributed by atoms with Gasteiger partial charge < -0.3 is 9.64 Å². The zero-order valence-corrected chi connectivity index (χ0v) is 18.6. The molecule has 7 nitrogen and oxygen atoms in total. The molecule has 0 spiro atoms. The quantitative estimate of drug-likeness (QED) is 0.588. The molecule has 1 aliphatic rings. The molecular formula is C22H22N2O5S2. The number of carbonyl (C=O) groups excluding carboxylic acids is 2. The SMILES string of the molecule is CCN(C(=O)COC(=O)c1ccccc1Sc1ccccc1C#N)[C@H]1CCS(=O)(=O)C1. The predicted molar refractivity (Wildman–Crippen MR) is 116 cm³/mol. The van der Waals surface area contributed by atoms with Crippen molar-refractivity contribution in [1.82, 2.24) is 4.90 Å². The Bertz CT molecular complexity index is 1120. The summed E-state index contributed by atoms with van der Waals surface area (Å²) in [5, 5.41) is 9.28. The Morgan fingerprint density at radius 2 is 1.84 bits per heavy atom. The van der Waals surface area contributed by atoms with Gasteiger partial charge in [-0.3, -0.25) is 4.79 Å². The lowest BCUT2D eigenvalue weighted by Crippen LogP contribution is -2.43. The van der Waals surface area contributed by atoms with Crippen LogP contribution in [0.25, 0.3) is 0 Å². The predicted octanol–water partition coefficient (Wildman–Crippen LogP) is 2.90. The number of likely N-dealkylation sites (N-methyl/N-ethyl adjacent to an activating group) is 1. The van der Waals surface area contributed by atoms with Gasteiger partial charge in [-0.15, -0.1) is 0 Å². The van der Waals surface area contributed by atoms with E-state index in [-0.39, 0.29) is 17.5 Å². The van der Waals surface area contributed by atoms with Crippen LogP contribution in [0.2, 0.25) is 0 Å². The monoisotopic (exact) mass is 458 g/mol. The lowest BCUT2D eigenvalue weighted by Gasteiger charge is -2.26. The highest BCUT2D eigenvalue weighted by atomic mass is 32.2. The van der Waals surface area contributed by atoms with Gasteiger partial charge in [0.15, 0.2) is 16.4 Å². The van der Waals surface area contributed by atoms with E-state index >= 15 is 0 Å². The molecule has 0 aliphatic carbocycles. The fraction of sp³-hybridized carbons (Fsp3) is 0.318. The van der Waals surface area contributed by atoms with Crippen LogP contribution in [0.4, 0.5) is 0 Å². The second-order valence-corrected chi connectivity index (χ2v) is 10.3. The fourth-order valence-electron chi connectivity index (χ4n) is 3.44. The van der Waals surface area contributed by atoms with E-state index in [1.165, 1.54) is 16.7 Å². The van der Waals surface area contributed by atoms with Gasteiger partial charge in [0.2, 0.25) is 0 Å². The molecule has 0 bridgehead atoms. The summed E-state index contributed by atoms with van der Waals surface area (Å²) >= 11 is 1.27. The maximum Gasteiger partial charge on any atom is 0.339 e. The Balaban J connectivity index is 1.68. The number of hydrogen-bond acceptors (Lipinski definition) is 7. The van der Waals surface area contributed by atoms with Crippen molar-refractivity contribution in [3.05, 3.63) is 59.7 Å². The minimum Gasteiger partial charge on any atom is -0.452 e. The Kier molecular flexibility index (Phi) is 7.36. The minimum absolute atomic E-state index is 0.0572. The number of rotatable bonds is 7. The van der Waals surface area contributed by atoms with Crippen LogP contribution in [0.1, 0.15) is 29.3 Å². The number of benzene rings is 2. The first-order chi connectivity index (χ1) is 14.8. The Morgan fingerprint density at radius 1 is 1.16 bits per heavy atom. The molecule has 3 rings (SSSR count). The number of amides is 1. The molecule has 0 radical (unpaired) electrons. The molecule has 1 saturated heterocycles. The molecule has 1 atom stereocenters. The first kappa shape index (κ1) is 22.8. The Hall–Kier alpha value is -2.83. The van der Waals surface area contributed by atoms with E-state index in [0.717, 1.165) is 0 Å². The third kappa shape index (κ3) is 5.66. The van der Waals surface area contributed by atoms with Crippen LogP contribution < -0.4 is 0 Å². The summed E-state index contributed by atoms with van der Waals surface area (Å²) in [7, 11) is -3.13. The van der Waals surface area contributed by atoms with E-state index in [0.29, 0.717) is 33.9 Å².